The molecule has 0 aromatic heterocycles. The third kappa shape index (κ3) is 4.19. The SMILES string of the molecule is CCOCCCC(O)c1ccc(-c2ccccc2)cc1. The predicted octanol–water partition coefficient (Wildman–Crippen LogP) is 4.20. The third-order valence-electron chi connectivity index (χ3n) is 3.37. The molecule has 1 N–H and O–H groups in total. The summed E-state index contributed by atoms with van der Waals surface area (Å²) >= 11 is 0. The summed E-state index contributed by atoms with van der Waals surface area (Å²) in [6.07, 6.45) is 1.22. The number of aliphatic hydroxyl groups excluding tert-OH is 1. The van der Waals surface area contributed by atoms with Crippen molar-refractivity contribution in [1.82, 2.24) is 0 Å². The van der Waals surface area contributed by atoms with Crippen molar-refractivity contribution in [1.29, 1.82) is 0 Å². The summed E-state index contributed by atoms with van der Waals surface area (Å²) in [7, 11) is 0. The van der Waals surface area contributed by atoms with Crippen LogP contribution >= 0.6 is 0 Å². The minimum Gasteiger partial charge on any atom is -0.388 e. The van der Waals surface area contributed by atoms with Crippen LogP contribution in [-0.2, 0) is 4.74 Å². The molecule has 2 heteroatoms. The fourth-order valence-corrected chi connectivity index (χ4v) is 2.22. The van der Waals surface area contributed by atoms with E-state index in [2.05, 4.69) is 24.3 Å². The lowest BCUT2D eigenvalue weighted by atomic mass is 10.00. The largest absolute Gasteiger partial charge is 0.388 e. The van der Waals surface area contributed by atoms with Crippen molar-refractivity contribution in [2.75, 3.05) is 13.2 Å². The van der Waals surface area contributed by atoms with Crippen LogP contribution in [0, 0.1) is 0 Å². The first-order valence-electron chi connectivity index (χ1n) is 7.22. The van der Waals surface area contributed by atoms with Gasteiger partial charge in [0.25, 0.3) is 0 Å². The molecule has 2 aromatic rings. The quantitative estimate of drug-likeness (QED) is 0.764. The van der Waals surface area contributed by atoms with Crippen LogP contribution in [0.15, 0.2) is 54.6 Å². The van der Waals surface area contributed by atoms with Gasteiger partial charge in [0.15, 0.2) is 0 Å². The smallest absolute Gasteiger partial charge is 0.0790 e. The van der Waals surface area contributed by atoms with E-state index < -0.39 is 6.10 Å². The summed E-state index contributed by atoms with van der Waals surface area (Å²) < 4.78 is 5.29. The van der Waals surface area contributed by atoms with Gasteiger partial charge in [-0.25, -0.2) is 0 Å². The maximum Gasteiger partial charge on any atom is 0.0790 e. The highest BCUT2D eigenvalue weighted by atomic mass is 16.5. The molecule has 20 heavy (non-hydrogen) atoms. The molecule has 0 fully saturated rings. The van der Waals surface area contributed by atoms with Gasteiger partial charge in [0, 0.05) is 13.2 Å². The first-order valence-corrected chi connectivity index (χ1v) is 7.22. The molecule has 0 heterocycles. The number of rotatable bonds is 7. The van der Waals surface area contributed by atoms with Crippen molar-refractivity contribution in [3.05, 3.63) is 60.2 Å². The molecule has 0 radical (unpaired) electrons. The Morgan fingerprint density at radius 1 is 0.950 bits per heavy atom. The average Bonchev–Trinajstić information content (AvgIpc) is 2.52. The second kappa shape index (κ2) is 7.83. The third-order valence-corrected chi connectivity index (χ3v) is 3.37. The number of ether oxygens (including phenoxy) is 1. The van der Waals surface area contributed by atoms with E-state index in [0.717, 1.165) is 31.6 Å². The first-order chi connectivity index (χ1) is 9.81. The van der Waals surface area contributed by atoms with E-state index in [1.54, 1.807) is 0 Å². The minimum atomic E-state index is -0.403. The Kier molecular flexibility index (Phi) is 5.78. The highest BCUT2D eigenvalue weighted by Gasteiger charge is 2.07. The number of hydrogen-bond acceptors (Lipinski definition) is 2. The zero-order valence-corrected chi connectivity index (χ0v) is 12.0. The van der Waals surface area contributed by atoms with Gasteiger partial charge in [0.2, 0.25) is 0 Å². The Labute approximate surface area is 121 Å². The average molecular weight is 270 g/mol. The number of hydrogen-bond donors (Lipinski definition) is 1. The zero-order valence-electron chi connectivity index (χ0n) is 12.0. The molecule has 0 saturated heterocycles. The van der Waals surface area contributed by atoms with Crippen LogP contribution in [0.25, 0.3) is 11.1 Å². The zero-order chi connectivity index (χ0) is 14.2. The fraction of sp³-hybridized carbons (Fsp3) is 0.333. The van der Waals surface area contributed by atoms with Crippen molar-refractivity contribution >= 4 is 0 Å². The van der Waals surface area contributed by atoms with Crippen molar-refractivity contribution < 1.29 is 9.84 Å². The van der Waals surface area contributed by atoms with Crippen molar-refractivity contribution in [2.45, 2.75) is 25.9 Å². The Balaban J connectivity index is 1.94. The van der Waals surface area contributed by atoms with Crippen LogP contribution < -0.4 is 0 Å². The summed E-state index contributed by atoms with van der Waals surface area (Å²) in [5, 5.41) is 10.1. The Morgan fingerprint density at radius 3 is 2.25 bits per heavy atom. The Hall–Kier alpha value is -1.64. The van der Waals surface area contributed by atoms with E-state index in [1.165, 1.54) is 11.1 Å². The van der Waals surface area contributed by atoms with E-state index in [9.17, 15) is 5.11 Å². The number of aliphatic hydroxyl groups is 1. The van der Waals surface area contributed by atoms with Crippen molar-refractivity contribution in [2.24, 2.45) is 0 Å². The van der Waals surface area contributed by atoms with Gasteiger partial charge in [0.05, 0.1) is 6.10 Å². The van der Waals surface area contributed by atoms with Gasteiger partial charge in [-0.1, -0.05) is 54.6 Å². The first kappa shape index (κ1) is 14.8. The van der Waals surface area contributed by atoms with Crippen molar-refractivity contribution in [3.63, 3.8) is 0 Å². The second-order valence-corrected chi connectivity index (χ2v) is 4.84. The monoisotopic (exact) mass is 270 g/mol. The van der Waals surface area contributed by atoms with Gasteiger partial charge in [0.1, 0.15) is 0 Å². The molecule has 2 rings (SSSR count). The lowest BCUT2D eigenvalue weighted by Crippen LogP contribution is -2.01. The van der Waals surface area contributed by atoms with Crippen LogP contribution in [0.3, 0.4) is 0 Å². The van der Waals surface area contributed by atoms with Crippen LogP contribution in [0.4, 0.5) is 0 Å². The Bertz CT molecular complexity index is 491. The van der Waals surface area contributed by atoms with Crippen LogP contribution in [-0.4, -0.2) is 18.3 Å². The highest BCUT2D eigenvalue weighted by Crippen LogP contribution is 2.23. The molecule has 0 aliphatic rings. The highest BCUT2D eigenvalue weighted by molar-refractivity contribution is 5.63. The summed E-state index contributed by atoms with van der Waals surface area (Å²) in [6.45, 7) is 3.44. The molecule has 0 amide bonds. The van der Waals surface area contributed by atoms with E-state index in [-0.39, 0.29) is 0 Å². The topological polar surface area (TPSA) is 29.5 Å². The second-order valence-electron chi connectivity index (χ2n) is 4.84. The van der Waals surface area contributed by atoms with Crippen LogP contribution in [0.5, 0.6) is 0 Å². The van der Waals surface area contributed by atoms with Gasteiger partial charge in [-0.15, -0.1) is 0 Å². The molecule has 0 aliphatic carbocycles. The molecule has 106 valence electrons. The standard InChI is InChI=1S/C18H22O2/c1-2-20-14-6-9-18(19)17-12-10-16(11-13-17)15-7-4-3-5-8-15/h3-5,7-8,10-13,18-19H,2,6,9,14H2,1H3. The molecule has 0 spiro atoms. The van der Waals surface area contributed by atoms with Crippen LogP contribution in [0.2, 0.25) is 0 Å². The molecule has 2 nitrogen and oxygen atoms in total. The maximum atomic E-state index is 10.1. The predicted molar refractivity (Wildman–Crippen MR) is 82.6 cm³/mol. The summed E-state index contributed by atoms with van der Waals surface area (Å²) in [4.78, 5) is 0. The normalized spacial score (nSPS) is 12.3. The maximum absolute atomic E-state index is 10.1. The van der Waals surface area contributed by atoms with Gasteiger partial charge in [-0.05, 0) is 36.5 Å². The van der Waals surface area contributed by atoms with Gasteiger partial charge < -0.3 is 9.84 Å². The lowest BCUT2D eigenvalue weighted by Gasteiger charge is -2.11. The summed E-state index contributed by atoms with van der Waals surface area (Å²) in [5.41, 5.74) is 3.35. The number of benzene rings is 2. The summed E-state index contributed by atoms with van der Waals surface area (Å²) in [5.74, 6) is 0. The van der Waals surface area contributed by atoms with E-state index in [4.69, 9.17) is 4.74 Å². The van der Waals surface area contributed by atoms with E-state index >= 15 is 0 Å². The van der Waals surface area contributed by atoms with Gasteiger partial charge >= 0.3 is 0 Å². The fourth-order valence-electron chi connectivity index (χ4n) is 2.22. The Morgan fingerprint density at radius 2 is 1.60 bits per heavy atom. The molecule has 1 unspecified atom stereocenters. The molecule has 2 aromatic carbocycles. The molecule has 0 saturated carbocycles. The van der Waals surface area contributed by atoms with E-state index in [1.807, 2.05) is 37.3 Å². The molecule has 0 aliphatic heterocycles. The molecular formula is C18H22O2. The molecule has 1 atom stereocenters. The molecular weight excluding hydrogens is 248 g/mol. The van der Waals surface area contributed by atoms with Gasteiger partial charge in [-0.2, -0.15) is 0 Å². The minimum absolute atomic E-state index is 0.403. The summed E-state index contributed by atoms with van der Waals surface area (Å²) in [6, 6.07) is 18.4. The van der Waals surface area contributed by atoms with E-state index in [0.29, 0.717) is 0 Å². The van der Waals surface area contributed by atoms with Crippen LogP contribution in [0.1, 0.15) is 31.4 Å². The van der Waals surface area contributed by atoms with Gasteiger partial charge in [-0.3, -0.25) is 0 Å². The lowest BCUT2D eigenvalue weighted by molar-refractivity contribution is 0.114. The molecule has 0 bridgehead atoms. The van der Waals surface area contributed by atoms with Crippen molar-refractivity contribution in [3.8, 4) is 11.1 Å².